The van der Waals surface area contributed by atoms with Crippen molar-refractivity contribution in [3.63, 3.8) is 0 Å². The van der Waals surface area contributed by atoms with Crippen LogP contribution in [0.5, 0.6) is 0 Å². The zero-order chi connectivity index (χ0) is 16.4. The van der Waals surface area contributed by atoms with Gasteiger partial charge in [0, 0.05) is 25.2 Å². The van der Waals surface area contributed by atoms with Crippen LogP contribution in [0.4, 0.5) is 13.2 Å². The minimum Gasteiger partial charge on any atom is -0.315 e. The Hall–Kier alpha value is -0.780. The number of alkyl halides is 3. The SMILES string of the molecule is FC(F)(F)c1cccc(CN(C2CCCC2)C2CCNC2)c1Cl. The molecule has 1 saturated heterocycles. The molecule has 1 unspecified atom stereocenters. The van der Waals surface area contributed by atoms with Crippen LogP contribution in [0.15, 0.2) is 18.2 Å². The van der Waals surface area contributed by atoms with E-state index in [9.17, 15) is 13.2 Å². The van der Waals surface area contributed by atoms with Crippen molar-refractivity contribution in [3.05, 3.63) is 34.3 Å². The van der Waals surface area contributed by atoms with Crippen molar-refractivity contribution in [1.82, 2.24) is 10.2 Å². The van der Waals surface area contributed by atoms with Crippen LogP contribution in [0.25, 0.3) is 0 Å². The summed E-state index contributed by atoms with van der Waals surface area (Å²) in [7, 11) is 0. The van der Waals surface area contributed by atoms with Crippen LogP contribution < -0.4 is 5.32 Å². The average molecular weight is 347 g/mol. The molecule has 0 bridgehead atoms. The topological polar surface area (TPSA) is 15.3 Å². The van der Waals surface area contributed by atoms with Gasteiger partial charge in [0.2, 0.25) is 0 Å². The zero-order valence-corrected chi connectivity index (χ0v) is 13.8. The molecule has 2 nitrogen and oxygen atoms in total. The third kappa shape index (κ3) is 3.83. The van der Waals surface area contributed by atoms with Gasteiger partial charge in [0.1, 0.15) is 0 Å². The van der Waals surface area contributed by atoms with Gasteiger partial charge in [-0.2, -0.15) is 13.2 Å². The summed E-state index contributed by atoms with van der Waals surface area (Å²) in [6.45, 7) is 2.39. The second-order valence-electron chi connectivity index (χ2n) is 6.53. The van der Waals surface area contributed by atoms with Crippen molar-refractivity contribution in [2.75, 3.05) is 13.1 Å². The molecule has 1 saturated carbocycles. The molecule has 0 amide bonds. The van der Waals surface area contributed by atoms with E-state index in [1.165, 1.54) is 18.9 Å². The molecule has 128 valence electrons. The minimum atomic E-state index is -4.40. The summed E-state index contributed by atoms with van der Waals surface area (Å²) in [5.74, 6) is 0. The fourth-order valence-corrected chi connectivity index (χ4v) is 4.13. The number of nitrogens with zero attached hydrogens (tertiary/aromatic N) is 1. The van der Waals surface area contributed by atoms with E-state index < -0.39 is 11.7 Å². The molecule has 23 heavy (non-hydrogen) atoms. The molecule has 0 radical (unpaired) electrons. The summed E-state index contributed by atoms with van der Waals surface area (Å²) in [6.07, 6.45) is 1.32. The molecule has 1 aromatic carbocycles. The van der Waals surface area contributed by atoms with Gasteiger partial charge in [-0.3, -0.25) is 4.90 Å². The van der Waals surface area contributed by atoms with Gasteiger partial charge in [0.25, 0.3) is 0 Å². The molecule has 1 heterocycles. The first-order valence-corrected chi connectivity index (χ1v) is 8.65. The predicted molar refractivity (Wildman–Crippen MR) is 85.5 cm³/mol. The van der Waals surface area contributed by atoms with Crippen LogP contribution >= 0.6 is 11.6 Å². The minimum absolute atomic E-state index is 0.144. The highest BCUT2D eigenvalue weighted by Gasteiger charge is 2.35. The summed E-state index contributed by atoms with van der Waals surface area (Å²) in [5, 5.41) is 3.21. The Morgan fingerprint density at radius 3 is 2.48 bits per heavy atom. The molecular weight excluding hydrogens is 325 g/mol. The van der Waals surface area contributed by atoms with Crippen LogP contribution in [-0.4, -0.2) is 30.1 Å². The first kappa shape index (κ1) is 17.1. The van der Waals surface area contributed by atoms with Gasteiger partial charge in [0.15, 0.2) is 0 Å². The van der Waals surface area contributed by atoms with E-state index >= 15 is 0 Å². The maximum atomic E-state index is 13.1. The number of hydrogen-bond acceptors (Lipinski definition) is 2. The molecule has 0 aromatic heterocycles. The standard InChI is InChI=1S/C17H22ClF3N2/c18-16-12(4-3-7-15(16)17(19,20)21)11-23(13-5-1-2-6-13)14-8-9-22-10-14/h3-4,7,13-14,22H,1-2,5-6,8-11H2. The van der Waals surface area contributed by atoms with Crippen LogP contribution in [-0.2, 0) is 12.7 Å². The maximum absolute atomic E-state index is 13.1. The lowest BCUT2D eigenvalue weighted by molar-refractivity contribution is -0.137. The third-order valence-corrected chi connectivity index (χ3v) is 5.48. The van der Waals surface area contributed by atoms with Crippen LogP contribution in [0.2, 0.25) is 5.02 Å². The van der Waals surface area contributed by atoms with E-state index in [1.807, 2.05) is 0 Å². The Balaban J connectivity index is 1.84. The van der Waals surface area contributed by atoms with Crippen molar-refractivity contribution >= 4 is 11.6 Å². The van der Waals surface area contributed by atoms with Crippen molar-refractivity contribution in [2.24, 2.45) is 0 Å². The largest absolute Gasteiger partial charge is 0.417 e. The highest BCUT2D eigenvalue weighted by molar-refractivity contribution is 6.32. The lowest BCUT2D eigenvalue weighted by atomic mass is 10.0. The van der Waals surface area contributed by atoms with Crippen LogP contribution in [0.3, 0.4) is 0 Å². The fourth-order valence-electron chi connectivity index (χ4n) is 3.83. The van der Waals surface area contributed by atoms with E-state index in [-0.39, 0.29) is 5.02 Å². The van der Waals surface area contributed by atoms with E-state index in [0.29, 0.717) is 24.2 Å². The van der Waals surface area contributed by atoms with E-state index in [1.54, 1.807) is 6.07 Å². The van der Waals surface area contributed by atoms with Gasteiger partial charge >= 0.3 is 6.18 Å². The molecule has 2 aliphatic rings. The zero-order valence-electron chi connectivity index (χ0n) is 13.0. The highest BCUT2D eigenvalue weighted by Crippen LogP contribution is 2.37. The number of hydrogen-bond donors (Lipinski definition) is 1. The maximum Gasteiger partial charge on any atom is 0.417 e. The molecule has 1 atom stereocenters. The van der Waals surface area contributed by atoms with Gasteiger partial charge < -0.3 is 5.32 Å². The highest BCUT2D eigenvalue weighted by atomic mass is 35.5. The van der Waals surface area contributed by atoms with Crippen molar-refractivity contribution in [2.45, 2.75) is 56.9 Å². The van der Waals surface area contributed by atoms with Crippen molar-refractivity contribution < 1.29 is 13.2 Å². The molecule has 3 rings (SSSR count). The van der Waals surface area contributed by atoms with Gasteiger partial charge in [-0.05, 0) is 37.4 Å². The Bertz CT molecular complexity index is 519. The first-order valence-electron chi connectivity index (χ1n) is 8.28. The molecule has 1 aromatic rings. The van der Waals surface area contributed by atoms with Gasteiger partial charge in [-0.15, -0.1) is 0 Å². The molecule has 0 spiro atoms. The molecule has 6 heteroatoms. The number of benzene rings is 1. The second kappa shape index (κ2) is 6.99. The van der Waals surface area contributed by atoms with E-state index in [4.69, 9.17) is 11.6 Å². The first-order chi connectivity index (χ1) is 11.0. The quantitative estimate of drug-likeness (QED) is 0.865. The molecule has 1 aliphatic carbocycles. The molecular formula is C17H22ClF3N2. The average Bonchev–Trinajstić information content (AvgIpc) is 3.18. The molecule has 1 aliphatic heterocycles. The molecule has 2 fully saturated rings. The van der Waals surface area contributed by atoms with Crippen LogP contribution in [0, 0.1) is 0 Å². The lowest BCUT2D eigenvalue weighted by Gasteiger charge is -2.34. The summed E-state index contributed by atoms with van der Waals surface area (Å²) in [6, 6.07) is 5.10. The van der Waals surface area contributed by atoms with Crippen molar-refractivity contribution in [1.29, 1.82) is 0 Å². The summed E-state index contributed by atoms with van der Waals surface area (Å²) in [5.41, 5.74) is -0.145. The Labute approximate surface area is 140 Å². The summed E-state index contributed by atoms with van der Waals surface area (Å²) in [4.78, 5) is 2.38. The fraction of sp³-hybridized carbons (Fsp3) is 0.647. The Morgan fingerprint density at radius 2 is 1.87 bits per heavy atom. The van der Waals surface area contributed by atoms with E-state index in [2.05, 4.69) is 10.2 Å². The summed E-state index contributed by atoms with van der Waals surface area (Å²) < 4.78 is 39.2. The predicted octanol–water partition coefficient (Wildman–Crippen LogP) is 4.47. The van der Waals surface area contributed by atoms with E-state index in [0.717, 1.165) is 38.4 Å². The van der Waals surface area contributed by atoms with Gasteiger partial charge in [-0.1, -0.05) is 36.6 Å². The monoisotopic (exact) mass is 346 g/mol. The van der Waals surface area contributed by atoms with Crippen molar-refractivity contribution in [3.8, 4) is 0 Å². The second-order valence-corrected chi connectivity index (χ2v) is 6.91. The summed E-state index contributed by atoms with van der Waals surface area (Å²) >= 11 is 6.09. The number of halogens is 4. The van der Waals surface area contributed by atoms with Gasteiger partial charge in [-0.25, -0.2) is 0 Å². The number of nitrogens with one attached hydrogen (secondary N) is 1. The third-order valence-electron chi connectivity index (χ3n) is 5.03. The van der Waals surface area contributed by atoms with Crippen LogP contribution in [0.1, 0.15) is 43.2 Å². The number of rotatable bonds is 4. The van der Waals surface area contributed by atoms with Gasteiger partial charge in [0.05, 0.1) is 10.6 Å². The Morgan fingerprint density at radius 1 is 1.13 bits per heavy atom. The lowest BCUT2D eigenvalue weighted by Crippen LogP contribution is -2.42. The normalized spacial score (nSPS) is 23.1. The Kier molecular flexibility index (Phi) is 5.19. The molecule has 1 N–H and O–H groups in total. The smallest absolute Gasteiger partial charge is 0.315 e.